The van der Waals surface area contributed by atoms with E-state index in [1.54, 1.807) is 6.92 Å². The van der Waals surface area contributed by atoms with Gasteiger partial charge in [-0.15, -0.1) is 0 Å². The summed E-state index contributed by atoms with van der Waals surface area (Å²) in [6, 6.07) is 2.73. The molecular weight excluding hydrogens is 214 g/mol. The third-order valence-corrected chi connectivity index (χ3v) is 2.63. The van der Waals surface area contributed by atoms with E-state index in [1.165, 1.54) is 16.7 Å². The van der Waals surface area contributed by atoms with E-state index in [2.05, 4.69) is 12.0 Å². The van der Waals surface area contributed by atoms with Crippen LogP contribution in [-0.4, -0.2) is 35.0 Å². The van der Waals surface area contributed by atoms with Gasteiger partial charge in [-0.25, -0.2) is 9.69 Å². The van der Waals surface area contributed by atoms with Gasteiger partial charge in [0.1, 0.15) is 6.61 Å². The third-order valence-electron chi connectivity index (χ3n) is 1.73. The van der Waals surface area contributed by atoms with Gasteiger partial charge in [0.2, 0.25) is 0 Å². The Labute approximate surface area is 93.3 Å². The molecule has 1 aliphatic heterocycles. The van der Waals surface area contributed by atoms with Crippen molar-refractivity contribution < 1.29 is 14.3 Å². The van der Waals surface area contributed by atoms with E-state index in [0.717, 1.165) is 12.2 Å². The van der Waals surface area contributed by atoms with Gasteiger partial charge in [-0.1, -0.05) is 17.7 Å². The van der Waals surface area contributed by atoms with Crippen molar-refractivity contribution in [3.05, 3.63) is 0 Å². The van der Waals surface area contributed by atoms with Gasteiger partial charge >= 0.3 is 6.09 Å². The lowest BCUT2D eigenvalue weighted by Crippen LogP contribution is -2.17. The van der Waals surface area contributed by atoms with Crippen LogP contribution < -0.4 is 0 Å². The van der Waals surface area contributed by atoms with Crippen molar-refractivity contribution in [1.82, 2.24) is 4.90 Å². The van der Waals surface area contributed by atoms with Gasteiger partial charge in [0.25, 0.3) is 0 Å². The van der Waals surface area contributed by atoms with Crippen molar-refractivity contribution in [3.63, 3.8) is 0 Å². The smallest absolute Gasteiger partial charge is 0.421 e. The zero-order valence-corrected chi connectivity index (χ0v) is 9.43. The normalized spacial score (nSPS) is 14.5. The fourth-order valence-electron chi connectivity index (χ4n) is 1.02. The summed E-state index contributed by atoms with van der Waals surface area (Å²) in [4.78, 5) is 22.9. The largest absolute Gasteiger partial charge is 0.447 e. The minimum Gasteiger partial charge on any atom is -0.447 e. The number of thioether (sulfide) groups is 1. The summed E-state index contributed by atoms with van der Waals surface area (Å²) < 4.78 is 4.71. The monoisotopic (exact) mass is 227 g/mol. The zero-order valence-electron chi connectivity index (χ0n) is 8.62. The Morgan fingerprint density at radius 1 is 1.67 bits per heavy atom. The Bertz CT molecular complexity index is 306. The summed E-state index contributed by atoms with van der Waals surface area (Å²) in [5, 5.41) is 0.131. The quantitative estimate of drug-likeness (QED) is 0.541. The summed E-state index contributed by atoms with van der Waals surface area (Å²) in [5.74, 6) is 3.67. The van der Waals surface area contributed by atoms with Crippen LogP contribution in [-0.2, 0) is 9.53 Å². The van der Waals surface area contributed by atoms with Crippen LogP contribution in [0.2, 0.25) is 0 Å². The van der Waals surface area contributed by atoms with Crippen LogP contribution in [0.15, 0.2) is 0 Å². The molecule has 0 aromatic heterocycles. The molecule has 1 fully saturated rings. The van der Waals surface area contributed by atoms with E-state index in [9.17, 15) is 9.59 Å². The highest BCUT2D eigenvalue weighted by molar-refractivity contribution is 8.13. The Morgan fingerprint density at radius 3 is 3.07 bits per heavy atom. The molecule has 1 amide bonds. The number of hydrogen-bond donors (Lipinski definition) is 0. The molecule has 5 heteroatoms. The van der Waals surface area contributed by atoms with Crippen molar-refractivity contribution in [2.75, 3.05) is 18.9 Å². The van der Waals surface area contributed by atoms with Crippen molar-refractivity contribution >= 4 is 23.0 Å². The molecule has 0 spiro atoms. The lowest BCUT2D eigenvalue weighted by molar-refractivity contribution is -0.109. The summed E-state index contributed by atoms with van der Waals surface area (Å²) in [6.45, 7) is 2.53. The second-order valence-corrected chi connectivity index (χ2v) is 4.27. The highest BCUT2D eigenvalue weighted by Gasteiger charge is 2.19. The Morgan fingerprint density at radius 2 is 2.47 bits per heavy atom. The van der Waals surface area contributed by atoms with Crippen LogP contribution in [0.3, 0.4) is 0 Å². The molecule has 15 heavy (non-hydrogen) atoms. The van der Waals surface area contributed by atoms with Crippen LogP contribution >= 0.6 is 11.8 Å². The minimum absolute atomic E-state index is 0.131. The van der Waals surface area contributed by atoms with Crippen LogP contribution in [0.1, 0.15) is 19.8 Å². The SMILES string of the molecule is CC(=O)SCCCC#CN1CCOC1=O. The first-order valence-electron chi connectivity index (χ1n) is 4.76. The second-order valence-electron chi connectivity index (χ2n) is 3.00. The topological polar surface area (TPSA) is 46.6 Å². The molecule has 0 radical (unpaired) electrons. The van der Waals surface area contributed by atoms with E-state index in [1.807, 2.05) is 0 Å². The number of amides is 1. The van der Waals surface area contributed by atoms with Crippen molar-refractivity contribution in [2.45, 2.75) is 19.8 Å². The van der Waals surface area contributed by atoms with Gasteiger partial charge < -0.3 is 4.74 Å². The summed E-state index contributed by atoms with van der Waals surface area (Å²) in [7, 11) is 0. The fraction of sp³-hybridized carbons (Fsp3) is 0.600. The molecule has 0 saturated carbocycles. The van der Waals surface area contributed by atoms with Gasteiger partial charge in [-0.05, 0) is 6.42 Å². The third kappa shape index (κ3) is 4.75. The second kappa shape index (κ2) is 6.36. The van der Waals surface area contributed by atoms with Crippen LogP contribution in [0.4, 0.5) is 4.79 Å². The van der Waals surface area contributed by atoms with E-state index in [-0.39, 0.29) is 11.2 Å². The maximum Gasteiger partial charge on any atom is 0.421 e. The molecule has 1 heterocycles. The van der Waals surface area contributed by atoms with Gasteiger partial charge in [-0.3, -0.25) is 4.79 Å². The number of cyclic esters (lactones) is 1. The standard InChI is InChI=1S/C10H13NO3S/c1-9(12)15-8-4-2-3-5-11-6-7-14-10(11)13/h2,4,6-8H2,1H3. The molecule has 0 aromatic carbocycles. The number of nitrogens with zero attached hydrogens (tertiary/aromatic N) is 1. The Balaban J connectivity index is 2.11. The molecule has 1 aliphatic rings. The molecular formula is C10H13NO3S. The van der Waals surface area contributed by atoms with Crippen molar-refractivity contribution in [3.8, 4) is 12.0 Å². The predicted molar refractivity (Wildman–Crippen MR) is 58.2 cm³/mol. The molecule has 0 aromatic rings. The van der Waals surface area contributed by atoms with Crippen molar-refractivity contribution in [1.29, 1.82) is 0 Å². The molecule has 0 unspecified atom stereocenters. The average molecular weight is 227 g/mol. The predicted octanol–water partition coefficient (Wildman–Crippen LogP) is 1.46. The highest BCUT2D eigenvalue weighted by atomic mass is 32.2. The molecule has 1 saturated heterocycles. The van der Waals surface area contributed by atoms with Gasteiger partial charge in [0.05, 0.1) is 6.54 Å². The first-order chi connectivity index (χ1) is 7.20. The lowest BCUT2D eigenvalue weighted by atomic mass is 10.3. The molecule has 0 aliphatic carbocycles. The average Bonchev–Trinajstić information content (AvgIpc) is 2.57. The molecule has 4 nitrogen and oxygen atoms in total. The Kier molecular flexibility index (Phi) is 5.05. The maximum atomic E-state index is 10.9. The number of unbranched alkanes of at least 4 members (excludes halogenated alkanes) is 1. The number of hydrogen-bond acceptors (Lipinski definition) is 4. The number of ether oxygens (including phenoxy) is 1. The van der Waals surface area contributed by atoms with Gasteiger partial charge in [-0.2, -0.15) is 0 Å². The van der Waals surface area contributed by atoms with Gasteiger partial charge in [0.15, 0.2) is 5.12 Å². The minimum atomic E-state index is -0.361. The number of carbonyl (C=O) groups is 2. The lowest BCUT2D eigenvalue weighted by Gasteiger charge is -1.99. The van der Waals surface area contributed by atoms with Crippen molar-refractivity contribution in [2.24, 2.45) is 0 Å². The molecule has 1 rings (SSSR count). The van der Waals surface area contributed by atoms with E-state index >= 15 is 0 Å². The first-order valence-corrected chi connectivity index (χ1v) is 5.75. The molecule has 82 valence electrons. The van der Waals surface area contributed by atoms with Crippen LogP contribution in [0, 0.1) is 12.0 Å². The molecule has 0 bridgehead atoms. The first kappa shape index (κ1) is 11.9. The van der Waals surface area contributed by atoms with Gasteiger partial charge in [0, 0.05) is 25.1 Å². The Hall–Kier alpha value is -1.15. The maximum absolute atomic E-state index is 10.9. The summed E-state index contributed by atoms with van der Waals surface area (Å²) in [6.07, 6.45) is 1.20. The number of rotatable bonds is 3. The van der Waals surface area contributed by atoms with E-state index < -0.39 is 0 Å². The summed E-state index contributed by atoms with van der Waals surface area (Å²) >= 11 is 1.30. The molecule has 0 N–H and O–H groups in total. The van der Waals surface area contributed by atoms with E-state index in [4.69, 9.17) is 4.74 Å². The van der Waals surface area contributed by atoms with Crippen LogP contribution in [0.5, 0.6) is 0 Å². The number of carbonyl (C=O) groups excluding carboxylic acids is 2. The summed E-state index contributed by atoms with van der Waals surface area (Å²) in [5.41, 5.74) is 0. The van der Waals surface area contributed by atoms with E-state index in [0.29, 0.717) is 19.6 Å². The highest BCUT2D eigenvalue weighted by Crippen LogP contribution is 2.05. The molecule has 0 atom stereocenters. The zero-order chi connectivity index (χ0) is 11.1. The fourth-order valence-corrected chi connectivity index (χ4v) is 1.60. The van der Waals surface area contributed by atoms with Crippen LogP contribution in [0.25, 0.3) is 0 Å².